The zero-order valence-electron chi connectivity index (χ0n) is 12.0. The van der Waals surface area contributed by atoms with Gasteiger partial charge in [0.1, 0.15) is 5.75 Å². The summed E-state index contributed by atoms with van der Waals surface area (Å²) >= 11 is 0. The first-order valence-corrected chi connectivity index (χ1v) is 7.12. The van der Waals surface area contributed by atoms with E-state index in [1.54, 1.807) is 19.4 Å². The second-order valence-electron chi connectivity index (χ2n) is 5.26. The van der Waals surface area contributed by atoms with Gasteiger partial charge in [0.25, 0.3) is 5.91 Å². The Morgan fingerprint density at radius 3 is 2.86 bits per heavy atom. The van der Waals surface area contributed by atoms with Gasteiger partial charge in [-0.05, 0) is 42.7 Å². The minimum Gasteiger partial charge on any atom is -0.497 e. The predicted molar refractivity (Wildman–Crippen MR) is 80.1 cm³/mol. The molecule has 2 aromatic rings. The number of benzene rings is 1. The van der Waals surface area contributed by atoms with Crippen molar-refractivity contribution in [3.8, 4) is 5.75 Å². The predicted octanol–water partition coefficient (Wildman–Crippen LogP) is 2.90. The van der Waals surface area contributed by atoms with Crippen LogP contribution in [0, 0.1) is 0 Å². The van der Waals surface area contributed by atoms with Crippen molar-refractivity contribution < 1.29 is 9.53 Å². The molecule has 108 valence electrons. The van der Waals surface area contributed by atoms with Crippen molar-refractivity contribution >= 4 is 5.91 Å². The molecule has 0 atom stereocenters. The summed E-state index contributed by atoms with van der Waals surface area (Å²) in [7, 11) is 1.61. The van der Waals surface area contributed by atoms with E-state index < -0.39 is 0 Å². The summed E-state index contributed by atoms with van der Waals surface area (Å²) in [5.74, 6) is 0.762. The molecule has 1 aromatic heterocycles. The fourth-order valence-electron chi connectivity index (χ4n) is 2.36. The molecule has 4 heteroatoms. The molecule has 0 spiro atoms. The van der Waals surface area contributed by atoms with Crippen LogP contribution in [0.4, 0.5) is 0 Å². The van der Waals surface area contributed by atoms with Crippen LogP contribution in [0.1, 0.15) is 28.8 Å². The molecule has 1 aromatic carbocycles. The molecule has 0 unspecified atom stereocenters. The fourth-order valence-corrected chi connectivity index (χ4v) is 2.36. The van der Waals surface area contributed by atoms with E-state index in [4.69, 9.17) is 4.74 Å². The van der Waals surface area contributed by atoms with Crippen LogP contribution >= 0.6 is 0 Å². The number of carbonyl (C=O) groups is 1. The van der Waals surface area contributed by atoms with Crippen LogP contribution in [0.5, 0.6) is 5.75 Å². The molecule has 21 heavy (non-hydrogen) atoms. The van der Waals surface area contributed by atoms with Crippen molar-refractivity contribution in [2.45, 2.75) is 25.4 Å². The number of pyridine rings is 1. The second-order valence-corrected chi connectivity index (χ2v) is 5.26. The number of methoxy groups -OCH3 is 1. The van der Waals surface area contributed by atoms with Crippen molar-refractivity contribution in [1.29, 1.82) is 0 Å². The Hall–Kier alpha value is -2.36. The molecule has 1 amide bonds. The summed E-state index contributed by atoms with van der Waals surface area (Å²) in [5.41, 5.74) is 1.73. The summed E-state index contributed by atoms with van der Waals surface area (Å²) in [6.07, 6.45) is 5.72. The normalized spacial score (nSPS) is 13.8. The van der Waals surface area contributed by atoms with Gasteiger partial charge < -0.3 is 9.64 Å². The van der Waals surface area contributed by atoms with Gasteiger partial charge in [0.2, 0.25) is 0 Å². The maximum Gasteiger partial charge on any atom is 0.254 e. The first-order valence-electron chi connectivity index (χ1n) is 7.12. The molecule has 1 fully saturated rings. The van der Waals surface area contributed by atoms with E-state index in [9.17, 15) is 4.79 Å². The van der Waals surface area contributed by atoms with Gasteiger partial charge in [-0.2, -0.15) is 0 Å². The average Bonchev–Trinajstić information content (AvgIpc) is 3.38. The van der Waals surface area contributed by atoms with E-state index in [2.05, 4.69) is 4.98 Å². The number of rotatable bonds is 5. The van der Waals surface area contributed by atoms with Crippen molar-refractivity contribution in [1.82, 2.24) is 9.88 Å². The lowest BCUT2D eigenvalue weighted by Crippen LogP contribution is -2.32. The molecule has 0 radical (unpaired) electrons. The Bertz CT molecular complexity index is 624. The second kappa shape index (κ2) is 5.95. The van der Waals surface area contributed by atoms with Crippen LogP contribution in [0.25, 0.3) is 0 Å². The summed E-state index contributed by atoms with van der Waals surface area (Å²) in [6, 6.07) is 11.6. The molecule has 1 saturated carbocycles. The monoisotopic (exact) mass is 282 g/mol. The molecule has 0 aliphatic heterocycles. The maximum atomic E-state index is 12.7. The van der Waals surface area contributed by atoms with Crippen molar-refractivity contribution in [2.24, 2.45) is 0 Å². The molecular formula is C17H18N2O2. The van der Waals surface area contributed by atoms with Gasteiger partial charge in [-0.3, -0.25) is 9.78 Å². The molecule has 4 nitrogen and oxygen atoms in total. The SMILES string of the molecule is COc1cccc(C(=O)N(Cc2cccnc2)C2CC2)c1. The molecule has 1 heterocycles. The highest BCUT2D eigenvalue weighted by Gasteiger charge is 2.33. The summed E-state index contributed by atoms with van der Waals surface area (Å²) < 4.78 is 5.20. The van der Waals surface area contributed by atoms with Gasteiger partial charge >= 0.3 is 0 Å². The van der Waals surface area contributed by atoms with E-state index in [1.807, 2.05) is 41.4 Å². The van der Waals surface area contributed by atoms with Crippen LogP contribution in [0.2, 0.25) is 0 Å². The average molecular weight is 282 g/mol. The van der Waals surface area contributed by atoms with E-state index in [0.29, 0.717) is 23.9 Å². The number of hydrogen-bond donors (Lipinski definition) is 0. The number of hydrogen-bond acceptors (Lipinski definition) is 3. The smallest absolute Gasteiger partial charge is 0.254 e. The lowest BCUT2D eigenvalue weighted by Gasteiger charge is -2.22. The Morgan fingerprint density at radius 2 is 2.19 bits per heavy atom. The third-order valence-electron chi connectivity index (χ3n) is 3.64. The molecule has 0 saturated heterocycles. The Morgan fingerprint density at radius 1 is 1.33 bits per heavy atom. The zero-order valence-corrected chi connectivity index (χ0v) is 12.0. The van der Waals surface area contributed by atoms with E-state index in [1.165, 1.54) is 0 Å². The number of amides is 1. The summed E-state index contributed by atoms with van der Waals surface area (Å²) in [6.45, 7) is 0.606. The van der Waals surface area contributed by atoms with Gasteiger partial charge in [0, 0.05) is 30.5 Å². The lowest BCUT2D eigenvalue weighted by molar-refractivity contribution is 0.0729. The minimum atomic E-state index is 0.0558. The fraction of sp³-hybridized carbons (Fsp3) is 0.294. The van der Waals surface area contributed by atoms with Gasteiger partial charge in [-0.15, -0.1) is 0 Å². The number of carbonyl (C=O) groups excluding carboxylic acids is 1. The van der Waals surface area contributed by atoms with E-state index in [-0.39, 0.29) is 5.91 Å². The van der Waals surface area contributed by atoms with Gasteiger partial charge in [0.05, 0.1) is 7.11 Å². The molecule has 1 aliphatic carbocycles. The highest BCUT2D eigenvalue weighted by Crippen LogP contribution is 2.30. The summed E-state index contributed by atoms with van der Waals surface area (Å²) in [4.78, 5) is 18.8. The summed E-state index contributed by atoms with van der Waals surface area (Å²) in [5, 5.41) is 0. The first-order chi connectivity index (χ1) is 10.3. The van der Waals surface area contributed by atoms with Crippen LogP contribution in [0.3, 0.4) is 0 Å². The molecule has 0 N–H and O–H groups in total. The van der Waals surface area contributed by atoms with Crippen LogP contribution < -0.4 is 4.74 Å². The molecule has 0 bridgehead atoms. The highest BCUT2D eigenvalue weighted by molar-refractivity contribution is 5.95. The Balaban J connectivity index is 1.81. The van der Waals surface area contributed by atoms with E-state index in [0.717, 1.165) is 18.4 Å². The lowest BCUT2D eigenvalue weighted by atomic mass is 10.1. The van der Waals surface area contributed by atoms with Gasteiger partial charge in [-0.25, -0.2) is 0 Å². The van der Waals surface area contributed by atoms with Gasteiger partial charge in [0.15, 0.2) is 0 Å². The highest BCUT2D eigenvalue weighted by atomic mass is 16.5. The van der Waals surface area contributed by atoms with Crippen molar-refractivity contribution in [3.05, 3.63) is 59.9 Å². The van der Waals surface area contributed by atoms with Crippen LogP contribution in [-0.2, 0) is 6.54 Å². The number of ether oxygens (including phenoxy) is 1. The number of nitrogens with zero attached hydrogens (tertiary/aromatic N) is 2. The zero-order chi connectivity index (χ0) is 14.7. The Kier molecular flexibility index (Phi) is 3.86. The number of aromatic nitrogens is 1. The minimum absolute atomic E-state index is 0.0558. The van der Waals surface area contributed by atoms with Crippen LogP contribution in [-0.4, -0.2) is 28.9 Å². The quantitative estimate of drug-likeness (QED) is 0.847. The third kappa shape index (κ3) is 3.21. The largest absolute Gasteiger partial charge is 0.497 e. The van der Waals surface area contributed by atoms with Crippen molar-refractivity contribution in [3.63, 3.8) is 0 Å². The molecular weight excluding hydrogens is 264 g/mol. The Labute approximate surface area is 124 Å². The first kappa shape index (κ1) is 13.6. The van der Waals surface area contributed by atoms with Crippen LogP contribution in [0.15, 0.2) is 48.8 Å². The topological polar surface area (TPSA) is 42.4 Å². The standard InChI is InChI=1S/C17H18N2O2/c1-21-16-6-2-5-14(10-16)17(20)19(15-7-8-15)12-13-4-3-9-18-11-13/h2-6,9-11,15H,7-8,12H2,1H3. The maximum absolute atomic E-state index is 12.7. The van der Waals surface area contributed by atoms with Gasteiger partial charge in [-0.1, -0.05) is 12.1 Å². The third-order valence-corrected chi connectivity index (χ3v) is 3.64. The van der Waals surface area contributed by atoms with Crippen molar-refractivity contribution in [2.75, 3.05) is 7.11 Å². The molecule has 1 aliphatic rings. The molecule has 3 rings (SSSR count). The van der Waals surface area contributed by atoms with E-state index >= 15 is 0 Å².